The van der Waals surface area contributed by atoms with Crippen LogP contribution in [0.15, 0.2) is 18.2 Å². The summed E-state index contributed by atoms with van der Waals surface area (Å²) in [6.07, 6.45) is 0. The maximum Gasteiger partial charge on any atom is 0.327 e. The molecule has 4 heteroatoms. The van der Waals surface area contributed by atoms with Gasteiger partial charge >= 0.3 is 5.97 Å². The first kappa shape index (κ1) is 10.7. The Morgan fingerprint density at radius 3 is 2.71 bits per heavy atom. The number of methoxy groups -OCH3 is 1. The van der Waals surface area contributed by atoms with Crippen LogP contribution < -0.4 is 5.73 Å². The summed E-state index contributed by atoms with van der Waals surface area (Å²) in [5.74, 6) is -0.872. The first-order valence-electron chi connectivity index (χ1n) is 4.15. The van der Waals surface area contributed by atoms with Crippen LogP contribution in [0.3, 0.4) is 0 Å². The third-order valence-corrected chi connectivity index (χ3v) is 2.02. The largest absolute Gasteiger partial charge is 0.468 e. The summed E-state index contributed by atoms with van der Waals surface area (Å²) < 4.78 is 17.2. The lowest BCUT2D eigenvalue weighted by Gasteiger charge is -2.12. The number of halogens is 1. The molecule has 0 amide bonds. The second kappa shape index (κ2) is 4.19. The molecule has 0 bridgehead atoms. The average Bonchev–Trinajstić information content (AvgIpc) is 2.15. The topological polar surface area (TPSA) is 52.3 Å². The third kappa shape index (κ3) is 2.09. The van der Waals surface area contributed by atoms with Crippen molar-refractivity contribution in [1.82, 2.24) is 0 Å². The number of hydrogen-bond acceptors (Lipinski definition) is 3. The molecule has 0 aromatic heterocycles. The highest BCUT2D eigenvalue weighted by atomic mass is 19.1. The Balaban J connectivity index is 3.01. The highest BCUT2D eigenvalue weighted by Gasteiger charge is 2.17. The van der Waals surface area contributed by atoms with Crippen LogP contribution in [-0.2, 0) is 9.53 Å². The Kier molecular flexibility index (Phi) is 3.19. The molecule has 0 saturated carbocycles. The van der Waals surface area contributed by atoms with Crippen LogP contribution in [0, 0.1) is 12.7 Å². The number of aryl methyl sites for hydroxylation is 1. The van der Waals surface area contributed by atoms with Gasteiger partial charge in [-0.25, -0.2) is 4.39 Å². The maximum absolute atomic E-state index is 12.7. The molecule has 1 aromatic rings. The summed E-state index contributed by atoms with van der Waals surface area (Å²) >= 11 is 0. The fourth-order valence-corrected chi connectivity index (χ4v) is 1.24. The van der Waals surface area contributed by atoms with E-state index >= 15 is 0 Å². The molecule has 1 rings (SSSR count). The zero-order chi connectivity index (χ0) is 10.7. The SMILES string of the molecule is COC(=O)C(N)c1ccc(F)cc1C. The van der Waals surface area contributed by atoms with Gasteiger partial charge in [-0.3, -0.25) is 4.79 Å². The minimum absolute atomic E-state index is 0.344. The molecule has 14 heavy (non-hydrogen) atoms. The number of hydrogen-bond donors (Lipinski definition) is 1. The van der Waals surface area contributed by atoms with E-state index in [2.05, 4.69) is 4.74 Å². The Morgan fingerprint density at radius 2 is 2.21 bits per heavy atom. The molecule has 0 aliphatic carbocycles. The Hall–Kier alpha value is -1.42. The van der Waals surface area contributed by atoms with Crippen LogP contribution >= 0.6 is 0 Å². The minimum Gasteiger partial charge on any atom is -0.468 e. The predicted molar refractivity (Wildman–Crippen MR) is 50.1 cm³/mol. The minimum atomic E-state index is -0.847. The van der Waals surface area contributed by atoms with Crippen molar-refractivity contribution in [3.63, 3.8) is 0 Å². The highest BCUT2D eigenvalue weighted by Crippen LogP contribution is 2.17. The number of nitrogens with two attached hydrogens (primary N) is 1. The summed E-state index contributed by atoms with van der Waals surface area (Å²) in [6.45, 7) is 1.70. The predicted octanol–water partition coefficient (Wildman–Crippen LogP) is 1.31. The smallest absolute Gasteiger partial charge is 0.327 e. The number of esters is 1. The fraction of sp³-hybridized carbons (Fsp3) is 0.300. The molecule has 0 fully saturated rings. The summed E-state index contributed by atoms with van der Waals surface area (Å²) in [6, 6.07) is 3.25. The summed E-state index contributed by atoms with van der Waals surface area (Å²) in [5.41, 5.74) is 6.83. The van der Waals surface area contributed by atoms with Crippen LogP contribution in [0.1, 0.15) is 17.2 Å². The van der Waals surface area contributed by atoms with Crippen LogP contribution in [0.25, 0.3) is 0 Å². The molecule has 3 nitrogen and oxygen atoms in total. The van der Waals surface area contributed by atoms with E-state index in [9.17, 15) is 9.18 Å². The Labute approximate surface area is 81.7 Å². The molecule has 0 aliphatic rings. The first-order valence-corrected chi connectivity index (χ1v) is 4.15. The Bertz CT molecular complexity index is 352. The lowest BCUT2D eigenvalue weighted by atomic mass is 10.0. The van der Waals surface area contributed by atoms with E-state index in [0.717, 1.165) is 0 Å². The molecule has 0 radical (unpaired) electrons. The number of benzene rings is 1. The van der Waals surface area contributed by atoms with Gasteiger partial charge in [-0.05, 0) is 30.2 Å². The van der Waals surface area contributed by atoms with Crippen molar-refractivity contribution in [2.75, 3.05) is 7.11 Å². The van der Waals surface area contributed by atoms with E-state index in [-0.39, 0.29) is 5.82 Å². The zero-order valence-corrected chi connectivity index (χ0v) is 8.08. The number of rotatable bonds is 2. The van der Waals surface area contributed by atoms with Crippen LogP contribution in [0.4, 0.5) is 4.39 Å². The van der Waals surface area contributed by atoms with E-state index in [1.165, 1.54) is 25.3 Å². The third-order valence-electron chi connectivity index (χ3n) is 2.02. The quantitative estimate of drug-likeness (QED) is 0.727. The van der Waals surface area contributed by atoms with E-state index in [1.807, 2.05) is 0 Å². The van der Waals surface area contributed by atoms with Gasteiger partial charge < -0.3 is 10.5 Å². The van der Waals surface area contributed by atoms with Gasteiger partial charge in [0.15, 0.2) is 0 Å². The van der Waals surface area contributed by atoms with E-state index < -0.39 is 12.0 Å². The van der Waals surface area contributed by atoms with Gasteiger partial charge in [0.05, 0.1) is 7.11 Å². The molecular formula is C10H12FNO2. The summed E-state index contributed by atoms with van der Waals surface area (Å²) in [4.78, 5) is 11.1. The monoisotopic (exact) mass is 197 g/mol. The molecule has 0 spiro atoms. The summed E-state index contributed by atoms with van der Waals surface area (Å²) in [7, 11) is 1.26. The molecule has 76 valence electrons. The normalized spacial score (nSPS) is 12.3. The number of ether oxygens (including phenoxy) is 1. The van der Waals surface area contributed by atoms with E-state index in [1.54, 1.807) is 6.92 Å². The van der Waals surface area contributed by atoms with Crippen molar-refractivity contribution < 1.29 is 13.9 Å². The van der Waals surface area contributed by atoms with E-state index in [0.29, 0.717) is 11.1 Å². The maximum atomic E-state index is 12.7. The molecular weight excluding hydrogens is 185 g/mol. The second-order valence-electron chi connectivity index (χ2n) is 3.00. The first-order chi connectivity index (χ1) is 6.56. The van der Waals surface area contributed by atoms with Crippen LogP contribution in [0.2, 0.25) is 0 Å². The zero-order valence-electron chi connectivity index (χ0n) is 8.08. The molecule has 2 N–H and O–H groups in total. The van der Waals surface area contributed by atoms with Gasteiger partial charge in [-0.2, -0.15) is 0 Å². The van der Waals surface area contributed by atoms with Crippen LogP contribution in [-0.4, -0.2) is 13.1 Å². The van der Waals surface area contributed by atoms with Gasteiger partial charge in [0.25, 0.3) is 0 Å². The molecule has 0 saturated heterocycles. The molecule has 0 heterocycles. The fourth-order valence-electron chi connectivity index (χ4n) is 1.24. The average molecular weight is 197 g/mol. The van der Waals surface area contributed by atoms with Crippen molar-refractivity contribution in [2.45, 2.75) is 13.0 Å². The van der Waals surface area contributed by atoms with Gasteiger partial charge in [0, 0.05) is 0 Å². The van der Waals surface area contributed by atoms with E-state index in [4.69, 9.17) is 5.73 Å². The Morgan fingerprint density at radius 1 is 1.57 bits per heavy atom. The van der Waals surface area contributed by atoms with Gasteiger partial charge in [0.1, 0.15) is 11.9 Å². The van der Waals surface area contributed by atoms with Crippen molar-refractivity contribution >= 4 is 5.97 Å². The van der Waals surface area contributed by atoms with Gasteiger partial charge in [-0.1, -0.05) is 6.07 Å². The molecule has 1 unspecified atom stereocenters. The highest BCUT2D eigenvalue weighted by molar-refractivity contribution is 5.77. The van der Waals surface area contributed by atoms with Gasteiger partial charge in [-0.15, -0.1) is 0 Å². The van der Waals surface area contributed by atoms with Gasteiger partial charge in [0.2, 0.25) is 0 Å². The molecule has 0 aliphatic heterocycles. The van der Waals surface area contributed by atoms with Crippen molar-refractivity contribution in [2.24, 2.45) is 5.73 Å². The van der Waals surface area contributed by atoms with Crippen molar-refractivity contribution in [3.05, 3.63) is 35.1 Å². The standard InChI is InChI=1S/C10H12FNO2/c1-6-5-7(11)3-4-8(6)9(12)10(13)14-2/h3-5,9H,12H2,1-2H3. The molecule has 1 atom stereocenters. The number of carbonyl (C=O) groups is 1. The lowest BCUT2D eigenvalue weighted by Crippen LogP contribution is -2.23. The van der Waals surface area contributed by atoms with Crippen molar-refractivity contribution in [1.29, 1.82) is 0 Å². The van der Waals surface area contributed by atoms with Crippen molar-refractivity contribution in [3.8, 4) is 0 Å². The lowest BCUT2D eigenvalue weighted by molar-refractivity contribution is -0.142. The number of carbonyl (C=O) groups excluding carboxylic acids is 1. The van der Waals surface area contributed by atoms with Crippen LogP contribution in [0.5, 0.6) is 0 Å². The molecule has 1 aromatic carbocycles. The second-order valence-corrected chi connectivity index (χ2v) is 3.00. The summed E-state index contributed by atoms with van der Waals surface area (Å²) in [5, 5.41) is 0.